The molecule has 0 unspecified atom stereocenters. The van der Waals surface area contributed by atoms with E-state index in [1.54, 1.807) is 19.9 Å². The summed E-state index contributed by atoms with van der Waals surface area (Å²) in [6.45, 7) is 7.45. The van der Waals surface area contributed by atoms with Crippen molar-refractivity contribution in [2.75, 3.05) is 26.1 Å². The second kappa shape index (κ2) is 11.0. The molecular weight excluding hydrogens is 528 g/mol. The smallest absolute Gasteiger partial charge is 0.303 e. The topological polar surface area (TPSA) is 79.7 Å². The minimum absolute atomic E-state index is 0.0270. The highest BCUT2D eigenvalue weighted by Crippen LogP contribution is 2.42. The first-order valence-electron chi connectivity index (χ1n) is 13.2. The maximum atomic E-state index is 15.6. The van der Waals surface area contributed by atoms with Gasteiger partial charge in [-0.3, -0.25) is 4.90 Å². The molecule has 0 bridgehead atoms. The molecule has 11 heteroatoms. The maximum absolute atomic E-state index is 15.6. The molecular formula is C29H36F4N4O3. The van der Waals surface area contributed by atoms with Crippen molar-refractivity contribution >= 4 is 16.7 Å². The number of benzene rings is 2. The van der Waals surface area contributed by atoms with Crippen molar-refractivity contribution in [3.05, 3.63) is 52.9 Å². The number of hydrogen-bond acceptors (Lipinski definition) is 7. The lowest BCUT2D eigenvalue weighted by Gasteiger charge is -2.30. The summed E-state index contributed by atoms with van der Waals surface area (Å²) in [5.41, 5.74) is -3.51. The van der Waals surface area contributed by atoms with Gasteiger partial charge >= 0.3 is 5.92 Å². The number of hydrogen-bond donors (Lipinski definition) is 2. The Morgan fingerprint density at radius 3 is 2.48 bits per heavy atom. The van der Waals surface area contributed by atoms with Crippen molar-refractivity contribution < 1.29 is 32.1 Å². The van der Waals surface area contributed by atoms with Crippen LogP contribution in [0.4, 0.5) is 23.4 Å². The van der Waals surface area contributed by atoms with Crippen LogP contribution in [0.5, 0.6) is 11.5 Å². The van der Waals surface area contributed by atoms with E-state index >= 15 is 8.78 Å². The molecule has 3 aromatic rings. The minimum Gasteiger partial charge on any atom is -0.490 e. The molecule has 0 spiro atoms. The van der Waals surface area contributed by atoms with E-state index in [-0.39, 0.29) is 45.6 Å². The van der Waals surface area contributed by atoms with Crippen LogP contribution in [0, 0.1) is 18.6 Å². The van der Waals surface area contributed by atoms with Crippen LogP contribution in [0.1, 0.15) is 63.5 Å². The number of methoxy groups -OCH3 is 1. The van der Waals surface area contributed by atoms with Crippen LogP contribution in [0.2, 0.25) is 0 Å². The molecule has 2 aromatic carbocycles. The number of likely N-dealkylation sites (N-methyl/N-ethyl adjacent to an activating group) is 1. The number of aromatic nitrogens is 2. The Morgan fingerprint density at radius 2 is 1.88 bits per heavy atom. The largest absolute Gasteiger partial charge is 0.490 e. The van der Waals surface area contributed by atoms with Gasteiger partial charge in [0.15, 0.2) is 17.3 Å². The van der Waals surface area contributed by atoms with E-state index in [1.165, 1.54) is 19.2 Å². The van der Waals surface area contributed by atoms with E-state index in [0.29, 0.717) is 12.6 Å². The summed E-state index contributed by atoms with van der Waals surface area (Å²) in [5.74, 6) is -5.25. The van der Waals surface area contributed by atoms with Gasteiger partial charge in [0.25, 0.3) is 0 Å². The van der Waals surface area contributed by atoms with E-state index in [9.17, 15) is 13.9 Å². The van der Waals surface area contributed by atoms with Crippen LogP contribution in [-0.2, 0) is 5.92 Å². The highest BCUT2D eigenvalue weighted by Gasteiger charge is 2.49. The molecule has 1 aliphatic heterocycles. The monoisotopic (exact) mass is 564 g/mol. The van der Waals surface area contributed by atoms with Crippen LogP contribution >= 0.6 is 0 Å². The first-order valence-corrected chi connectivity index (χ1v) is 13.2. The number of alkyl halides is 2. The normalized spacial score (nSPS) is 19.2. The molecule has 0 radical (unpaired) electrons. The first kappa shape index (κ1) is 29.8. The highest BCUT2D eigenvalue weighted by atomic mass is 19.3. The van der Waals surface area contributed by atoms with Crippen LogP contribution < -0.4 is 14.8 Å². The number of likely N-dealkylation sites (tertiary alicyclic amines) is 1. The van der Waals surface area contributed by atoms with Gasteiger partial charge in [0.1, 0.15) is 35.2 Å². The molecule has 0 amide bonds. The molecule has 3 atom stereocenters. The van der Waals surface area contributed by atoms with Gasteiger partial charge in [0, 0.05) is 23.0 Å². The fraction of sp³-hybridized carbons (Fsp3) is 0.517. The SMILES string of the molecule is COc1c(OC[C@@H]2CC[C@H](C)N2C)cc2c(N[C@H](C)c3cccc(C(F)(F)C(C)(C)O)c3F)nc(C)nc2c1F. The molecule has 0 saturated carbocycles. The number of aryl methyl sites for hydroxylation is 1. The number of nitrogens with zero attached hydrogens (tertiary/aromatic N) is 3. The zero-order chi connectivity index (χ0) is 29.6. The number of anilines is 1. The van der Waals surface area contributed by atoms with Gasteiger partial charge in [-0.2, -0.15) is 8.78 Å². The molecule has 218 valence electrons. The van der Waals surface area contributed by atoms with E-state index in [0.717, 1.165) is 32.8 Å². The molecule has 1 fully saturated rings. The fourth-order valence-corrected chi connectivity index (χ4v) is 5.03. The van der Waals surface area contributed by atoms with Crippen LogP contribution in [0.25, 0.3) is 10.9 Å². The van der Waals surface area contributed by atoms with Gasteiger partial charge in [0.2, 0.25) is 0 Å². The quantitative estimate of drug-likeness (QED) is 0.303. The molecule has 0 aliphatic carbocycles. The number of fused-ring (bicyclic) bond motifs is 1. The van der Waals surface area contributed by atoms with Crippen molar-refractivity contribution in [2.45, 2.75) is 77.1 Å². The van der Waals surface area contributed by atoms with Crippen molar-refractivity contribution in [3.63, 3.8) is 0 Å². The Balaban J connectivity index is 1.72. The van der Waals surface area contributed by atoms with E-state index in [2.05, 4.69) is 27.1 Å². The Labute approximate surface area is 231 Å². The zero-order valence-corrected chi connectivity index (χ0v) is 23.8. The van der Waals surface area contributed by atoms with Gasteiger partial charge in [-0.15, -0.1) is 0 Å². The van der Waals surface area contributed by atoms with E-state index < -0.39 is 34.8 Å². The third kappa shape index (κ3) is 5.41. The van der Waals surface area contributed by atoms with Crippen LogP contribution in [-0.4, -0.2) is 58.4 Å². The van der Waals surface area contributed by atoms with Crippen molar-refractivity contribution in [1.29, 1.82) is 0 Å². The zero-order valence-electron chi connectivity index (χ0n) is 23.8. The first-order chi connectivity index (χ1) is 18.7. The van der Waals surface area contributed by atoms with Gasteiger partial charge in [-0.05, 0) is 66.6 Å². The van der Waals surface area contributed by atoms with Crippen molar-refractivity contribution in [3.8, 4) is 11.5 Å². The Kier molecular flexibility index (Phi) is 8.20. The number of halogens is 4. The van der Waals surface area contributed by atoms with Crippen LogP contribution in [0.3, 0.4) is 0 Å². The van der Waals surface area contributed by atoms with Crippen molar-refractivity contribution in [2.24, 2.45) is 0 Å². The Hall–Kier alpha value is -3.18. The Morgan fingerprint density at radius 1 is 1.18 bits per heavy atom. The predicted octanol–water partition coefficient (Wildman–Crippen LogP) is 6.12. The summed E-state index contributed by atoms with van der Waals surface area (Å²) in [6, 6.07) is 4.89. The number of ether oxygens (including phenoxy) is 2. The van der Waals surface area contributed by atoms with Crippen LogP contribution in [0.15, 0.2) is 24.3 Å². The van der Waals surface area contributed by atoms with Gasteiger partial charge in [0.05, 0.1) is 18.7 Å². The highest BCUT2D eigenvalue weighted by molar-refractivity contribution is 5.92. The standard InChI is InChI=1S/C29H36F4N4O3/c1-15-11-12-18(37(15)6)14-40-22-13-20-25(24(31)26(22)39-7)35-17(3)36-27(20)34-16(2)19-9-8-10-21(23(19)30)29(32,33)28(4,5)38/h8-10,13,15-16,18,38H,11-12,14H2,1-7H3,(H,34,35,36)/t15-,16+,18-/m0/s1. The lowest BCUT2D eigenvalue weighted by Crippen LogP contribution is -2.41. The molecule has 2 N–H and O–H groups in total. The summed E-state index contributed by atoms with van der Waals surface area (Å²) >= 11 is 0. The third-order valence-corrected chi connectivity index (χ3v) is 7.74. The second-order valence-corrected chi connectivity index (χ2v) is 11.0. The second-order valence-electron chi connectivity index (χ2n) is 11.0. The molecule has 7 nitrogen and oxygen atoms in total. The number of aliphatic hydroxyl groups is 1. The maximum Gasteiger partial charge on any atom is 0.303 e. The molecule has 1 aromatic heterocycles. The number of nitrogens with one attached hydrogen (secondary N) is 1. The molecule has 2 heterocycles. The average molecular weight is 565 g/mol. The Bertz CT molecular complexity index is 1400. The van der Waals surface area contributed by atoms with E-state index in [1.807, 2.05) is 7.05 Å². The summed E-state index contributed by atoms with van der Waals surface area (Å²) in [4.78, 5) is 10.9. The molecule has 1 saturated heterocycles. The van der Waals surface area contributed by atoms with Crippen molar-refractivity contribution in [1.82, 2.24) is 14.9 Å². The molecule has 1 aliphatic rings. The fourth-order valence-electron chi connectivity index (χ4n) is 5.03. The summed E-state index contributed by atoms with van der Waals surface area (Å²) in [6.07, 6.45) is 1.98. The number of rotatable bonds is 9. The van der Waals surface area contributed by atoms with E-state index in [4.69, 9.17) is 9.47 Å². The summed E-state index contributed by atoms with van der Waals surface area (Å²) < 4.78 is 72.1. The lowest BCUT2D eigenvalue weighted by molar-refractivity contribution is -0.170. The predicted molar refractivity (Wildman–Crippen MR) is 145 cm³/mol. The van der Waals surface area contributed by atoms with Gasteiger partial charge < -0.3 is 19.9 Å². The van der Waals surface area contributed by atoms with Gasteiger partial charge in [-0.1, -0.05) is 12.1 Å². The minimum atomic E-state index is -3.85. The summed E-state index contributed by atoms with van der Waals surface area (Å²) in [7, 11) is 3.37. The molecule has 40 heavy (non-hydrogen) atoms. The molecule has 4 rings (SSSR count). The third-order valence-electron chi connectivity index (χ3n) is 7.74. The average Bonchev–Trinajstić information content (AvgIpc) is 3.19. The lowest BCUT2D eigenvalue weighted by atomic mass is 9.91. The van der Waals surface area contributed by atoms with Gasteiger partial charge in [-0.25, -0.2) is 18.7 Å². The summed E-state index contributed by atoms with van der Waals surface area (Å²) in [5, 5.41) is 13.3.